The van der Waals surface area contributed by atoms with E-state index in [2.05, 4.69) is 13.8 Å². The molecular weight excluding hydrogens is 243 g/mol. The smallest absolute Gasteiger partial charge is 0.0645 e. The SMILES string of the molecule is C[C@@H]1C[C@H](C)O[C@@H]1Cc1ccc(Cl)c(Cl)c1. The van der Waals surface area contributed by atoms with Crippen molar-refractivity contribution in [3.05, 3.63) is 33.8 Å². The van der Waals surface area contributed by atoms with Crippen molar-refractivity contribution < 1.29 is 4.74 Å². The van der Waals surface area contributed by atoms with Crippen LogP contribution in [0.2, 0.25) is 10.0 Å². The third kappa shape index (κ3) is 2.71. The van der Waals surface area contributed by atoms with E-state index in [0.29, 0.717) is 28.2 Å². The van der Waals surface area contributed by atoms with E-state index in [0.717, 1.165) is 12.8 Å². The number of hydrogen-bond donors (Lipinski definition) is 0. The Hall–Kier alpha value is -0.240. The van der Waals surface area contributed by atoms with Gasteiger partial charge in [0.2, 0.25) is 0 Å². The van der Waals surface area contributed by atoms with Gasteiger partial charge in [0.05, 0.1) is 22.3 Å². The summed E-state index contributed by atoms with van der Waals surface area (Å²) in [6.07, 6.45) is 2.75. The van der Waals surface area contributed by atoms with Crippen molar-refractivity contribution in [1.82, 2.24) is 0 Å². The Morgan fingerprint density at radius 1 is 1.25 bits per heavy atom. The lowest BCUT2D eigenvalue weighted by Gasteiger charge is -2.15. The molecule has 0 bridgehead atoms. The summed E-state index contributed by atoms with van der Waals surface area (Å²) in [5.41, 5.74) is 1.19. The van der Waals surface area contributed by atoms with Crippen molar-refractivity contribution in [3.8, 4) is 0 Å². The first-order valence-corrected chi connectivity index (χ1v) is 6.41. The highest BCUT2D eigenvalue weighted by molar-refractivity contribution is 6.42. The van der Waals surface area contributed by atoms with Crippen LogP contribution in [0.5, 0.6) is 0 Å². The minimum atomic E-state index is 0.312. The highest BCUT2D eigenvalue weighted by atomic mass is 35.5. The molecule has 0 amide bonds. The molecule has 2 rings (SSSR count). The van der Waals surface area contributed by atoms with Crippen LogP contribution in [0.1, 0.15) is 25.8 Å². The molecule has 1 aromatic carbocycles. The van der Waals surface area contributed by atoms with Crippen molar-refractivity contribution in [2.45, 2.75) is 38.9 Å². The maximum Gasteiger partial charge on any atom is 0.0645 e. The summed E-state index contributed by atoms with van der Waals surface area (Å²) in [6, 6.07) is 5.80. The Kier molecular flexibility index (Phi) is 3.78. The molecule has 0 aromatic heterocycles. The highest BCUT2D eigenvalue weighted by Gasteiger charge is 2.29. The second kappa shape index (κ2) is 4.95. The molecule has 0 radical (unpaired) electrons. The fraction of sp³-hybridized carbons (Fsp3) is 0.538. The second-order valence-corrected chi connectivity index (χ2v) is 5.47. The van der Waals surface area contributed by atoms with Crippen LogP contribution in [0.3, 0.4) is 0 Å². The van der Waals surface area contributed by atoms with Crippen LogP contribution < -0.4 is 0 Å². The largest absolute Gasteiger partial charge is 0.375 e. The van der Waals surface area contributed by atoms with Gasteiger partial charge >= 0.3 is 0 Å². The number of ether oxygens (including phenoxy) is 1. The minimum Gasteiger partial charge on any atom is -0.375 e. The molecule has 16 heavy (non-hydrogen) atoms. The molecule has 3 atom stereocenters. The monoisotopic (exact) mass is 258 g/mol. The van der Waals surface area contributed by atoms with Gasteiger partial charge in [0.15, 0.2) is 0 Å². The summed E-state index contributed by atoms with van der Waals surface area (Å²) in [7, 11) is 0. The normalized spacial score (nSPS) is 29.6. The van der Waals surface area contributed by atoms with Crippen LogP contribution in [-0.2, 0) is 11.2 Å². The maximum absolute atomic E-state index is 5.99. The topological polar surface area (TPSA) is 9.23 Å². The zero-order chi connectivity index (χ0) is 11.7. The van der Waals surface area contributed by atoms with Crippen LogP contribution in [0.4, 0.5) is 0 Å². The zero-order valence-electron chi connectivity index (χ0n) is 9.54. The lowest BCUT2D eigenvalue weighted by atomic mass is 9.96. The van der Waals surface area contributed by atoms with Crippen LogP contribution in [0.25, 0.3) is 0 Å². The van der Waals surface area contributed by atoms with Crippen LogP contribution in [0, 0.1) is 5.92 Å². The Labute approximate surface area is 107 Å². The first-order chi connectivity index (χ1) is 7.56. The fourth-order valence-corrected chi connectivity index (χ4v) is 2.63. The summed E-state index contributed by atoms with van der Waals surface area (Å²) >= 11 is 11.9. The molecule has 0 unspecified atom stereocenters. The predicted molar refractivity (Wildman–Crippen MR) is 68.3 cm³/mol. The first-order valence-electron chi connectivity index (χ1n) is 5.65. The van der Waals surface area contributed by atoms with Gasteiger partial charge in [-0.25, -0.2) is 0 Å². The van der Waals surface area contributed by atoms with Gasteiger partial charge in [-0.2, -0.15) is 0 Å². The van der Waals surface area contributed by atoms with Gasteiger partial charge in [0.1, 0.15) is 0 Å². The van der Waals surface area contributed by atoms with Crippen molar-refractivity contribution in [2.24, 2.45) is 5.92 Å². The fourth-order valence-electron chi connectivity index (χ4n) is 2.31. The molecule has 1 nitrogen and oxygen atoms in total. The standard InChI is InChI=1S/C13H16Cl2O/c1-8-5-9(2)16-13(8)7-10-3-4-11(14)12(15)6-10/h3-4,6,8-9,13H,5,7H2,1-2H3/t8-,9+,13-/m1/s1. The number of rotatable bonds is 2. The Morgan fingerprint density at radius 3 is 2.56 bits per heavy atom. The van der Waals surface area contributed by atoms with Gasteiger partial charge in [-0.3, -0.25) is 0 Å². The number of benzene rings is 1. The van der Waals surface area contributed by atoms with Crippen LogP contribution in [-0.4, -0.2) is 12.2 Å². The Bertz CT molecular complexity index is 378. The lowest BCUT2D eigenvalue weighted by Crippen LogP contribution is -2.17. The molecule has 1 saturated heterocycles. The van der Waals surface area contributed by atoms with E-state index in [9.17, 15) is 0 Å². The quantitative estimate of drug-likeness (QED) is 0.767. The van der Waals surface area contributed by atoms with Gasteiger partial charge in [0.25, 0.3) is 0 Å². The van der Waals surface area contributed by atoms with E-state index in [-0.39, 0.29) is 0 Å². The molecule has 0 saturated carbocycles. The molecule has 1 fully saturated rings. The molecule has 3 heteroatoms. The zero-order valence-corrected chi connectivity index (χ0v) is 11.1. The van der Waals surface area contributed by atoms with Crippen LogP contribution >= 0.6 is 23.2 Å². The third-order valence-corrected chi connectivity index (χ3v) is 3.91. The van der Waals surface area contributed by atoms with Gasteiger partial charge < -0.3 is 4.74 Å². The average Bonchev–Trinajstić information content (AvgIpc) is 2.51. The second-order valence-electron chi connectivity index (χ2n) is 4.65. The molecular formula is C13H16Cl2O. The summed E-state index contributed by atoms with van der Waals surface area (Å²) in [5.74, 6) is 0.615. The van der Waals surface area contributed by atoms with E-state index >= 15 is 0 Å². The third-order valence-electron chi connectivity index (χ3n) is 3.17. The molecule has 88 valence electrons. The summed E-state index contributed by atoms with van der Waals surface area (Å²) < 4.78 is 5.87. The summed E-state index contributed by atoms with van der Waals surface area (Å²) in [6.45, 7) is 4.37. The van der Waals surface area contributed by atoms with Gasteiger partial charge in [0, 0.05) is 0 Å². The first kappa shape index (κ1) is 12.2. The predicted octanol–water partition coefficient (Wildman–Crippen LogP) is 4.35. The van der Waals surface area contributed by atoms with E-state index in [1.807, 2.05) is 18.2 Å². The average molecular weight is 259 g/mol. The minimum absolute atomic E-state index is 0.312. The summed E-state index contributed by atoms with van der Waals surface area (Å²) in [4.78, 5) is 0. The maximum atomic E-state index is 5.99. The molecule has 1 heterocycles. The molecule has 1 aliphatic rings. The molecule has 0 spiro atoms. The molecule has 0 aliphatic carbocycles. The Balaban J connectivity index is 2.06. The van der Waals surface area contributed by atoms with Crippen molar-refractivity contribution in [1.29, 1.82) is 0 Å². The molecule has 0 N–H and O–H groups in total. The van der Waals surface area contributed by atoms with E-state index in [4.69, 9.17) is 27.9 Å². The lowest BCUT2D eigenvalue weighted by molar-refractivity contribution is 0.0464. The van der Waals surface area contributed by atoms with Crippen molar-refractivity contribution in [3.63, 3.8) is 0 Å². The van der Waals surface area contributed by atoms with E-state index in [1.165, 1.54) is 5.56 Å². The number of hydrogen-bond acceptors (Lipinski definition) is 1. The number of halogens is 2. The van der Waals surface area contributed by atoms with Gasteiger partial charge in [-0.05, 0) is 43.4 Å². The molecule has 1 aromatic rings. The Morgan fingerprint density at radius 2 is 2.00 bits per heavy atom. The highest BCUT2D eigenvalue weighted by Crippen LogP contribution is 2.30. The van der Waals surface area contributed by atoms with E-state index < -0.39 is 0 Å². The van der Waals surface area contributed by atoms with Gasteiger partial charge in [-0.15, -0.1) is 0 Å². The molecule has 1 aliphatic heterocycles. The summed E-state index contributed by atoms with van der Waals surface area (Å²) in [5, 5.41) is 1.23. The van der Waals surface area contributed by atoms with Crippen molar-refractivity contribution >= 4 is 23.2 Å². The van der Waals surface area contributed by atoms with Crippen LogP contribution in [0.15, 0.2) is 18.2 Å². The van der Waals surface area contributed by atoms with E-state index in [1.54, 1.807) is 0 Å². The van der Waals surface area contributed by atoms with Gasteiger partial charge in [-0.1, -0.05) is 36.2 Å². The van der Waals surface area contributed by atoms with Crippen molar-refractivity contribution in [2.75, 3.05) is 0 Å².